The van der Waals surface area contributed by atoms with Gasteiger partial charge in [-0.3, -0.25) is 0 Å². The van der Waals surface area contributed by atoms with Gasteiger partial charge >= 0.3 is 0 Å². The molecule has 0 rings (SSSR count). The van der Waals surface area contributed by atoms with Crippen molar-refractivity contribution < 1.29 is 92.3 Å². The van der Waals surface area contributed by atoms with Crippen molar-refractivity contribution in [2.75, 3.05) is 0 Å². The first-order chi connectivity index (χ1) is 3.46. The Labute approximate surface area is 121 Å². The van der Waals surface area contributed by atoms with Gasteiger partial charge in [-0.2, -0.15) is 0 Å². The predicted molar refractivity (Wildman–Crippen MR) is 20.7 cm³/mol. The van der Waals surface area contributed by atoms with Crippen molar-refractivity contribution in [3.05, 3.63) is 30.6 Å². The molecule has 0 bridgehead atoms. The molecular weight excluding hydrogens is 365 g/mol. The molecule has 0 aliphatic rings. The van der Waals surface area contributed by atoms with E-state index in [2.05, 4.69) is 0 Å². The Morgan fingerprint density at radius 2 is 0.800 bits per heavy atom. The van der Waals surface area contributed by atoms with E-state index in [9.17, 15) is 0 Å². The fourth-order valence-electron chi connectivity index (χ4n) is 0. The van der Waals surface area contributed by atoms with E-state index in [1.807, 2.05) is 0 Å². The van der Waals surface area contributed by atoms with Gasteiger partial charge < -0.3 is 30.6 Å². The third-order valence-corrected chi connectivity index (χ3v) is 0. The van der Waals surface area contributed by atoms with Crippen LogP contribution < -0.4 is 0 Å². The van der Waals surface area contributed by atoms with E-state index in [4.69, 9.17) is 30.6 Å². The molecule has 0 amide bonds. The molecule has 10 heavy (non-hydrogen) atoms. The summed E-state index contributed by atoms with van der Waals surface area (Å²) in [5, 5.41) is 29.5. The van der Waals surface area contributed by atoms with Crippen molar-refractivity contribution in [3.8, 4) is 0 Å². The molecule has 0 N–H and O–H groups in total. The summed E-state index contributed by atoms with van der Waals surface area (Å²) < 4.78 is 0. The zero-order valence-corrected chi connectivity index (χ0v) is 9.56. The van der Waals surface area contributed by atoms with Crippen molar-refractivity contribution in [3.63, 3.8) is 0 Å². The van der Waals surface area contributed by atoms with Gasteiger partial charge in [-0.15, -0.1) is 0 Å². The molecule has 58 valence electrons. The van der Waals surface area contributed by atoms with Gasteiger partial charge in [-0.25, -0.2) is 0 Å². The zero-order chi connectivity index (χ0) is 7.15. The minimum Gasteiger partial charge on any atom is -0.356 e. The van der Waals surface area contributed by atoms with E-state index in [-0.39, 0.29) is 82.1 Å². The van der Waals surface area contributed by atoms with Crippen LogP contribution in [0.25, 0.3) is 0 Å². The summed E-state index contributed by atoms with van der Waals surface area (Å²) in [6.07, 6.45) is 0. The van der Waals surface area contributed by atoms with Gasteiger partial charge in [0.05, 0.1) is 10.2 Å². The molecule has 0 aromatic carbocycles. The van der Waals surface area contributed by atoms with Crippen molar-refractivity contribution in [1.29, 1.82) is 0 Å². The first-order valence-corrected chi connectivity index (χ1v) is 1.10. The Hall–Kier alpha value is 1.09. The Kier molecular flexibility index (Phi) is 37.2. The average Bonchev–Trinajstić information content (AvgIpc) is 1.25. The molecule has 8 nitrogen and oxygen atoms in total. The zero-order valence-electron chi connectivity index (χ0n) is 4.30. The summed E-state index contributed by atoms with van der Waals surface area (Å²) in [7, 11) is 0. The smallest absolute Gasteiger partial charge is 0.0689 e. The normalized spacial score (nSPS) is 4.80. The number of hydrogen-bond donors (Lipinski definition) is 0. The molecule has 10 heteroatoms. The van der Waals surface area contributed by atoms with Gasteiger partial charge in [-0.1, -0.05) is 0 Å². The standard InChI is InChI=1S/Eu.2NO3.Y/c;2*2-1(3)4;/q;2*-1;. The topological polar surface area (TPSA) is 132 Å². The van der Waals surface area contributed by atoms with Crippen LogP contribution in [0.4, 0.5) is 0 Å². The third-order valence-electron chi connectivity index (χ3n) is 0. The SMILES string of the molecule is O=[N+]([O-])[O-].O=[N+]([O-])[O-].[Eu].[Y]. The molecule has 0 spiro atoms. The van der Waals surface area contributed by atoms with Gasteiger partial charge in [0.1, 0.15) is 0 Å². The fraction of sp³-hybridized carbons (Fsp3) is 0. The van der Waals surface area contributed by atoms with Gasteiger partial charge in [0, 0.05) is 82.1 Å². The van der Waals surface area contributed by atoms with Crippen molar-refractivity contribution in [2.45, 2.75) is 0 Å². The Morgan fingerprint density at radius 3 is 0.800 bits per heavy atom. The summed E-state index contributed by atoms with van der Waals surface area (Å²) in [6.45, 7) is 0. The first-order valence-electron chi connectivity index (χ1n) is 1.10. The van der Waals surface area contributed by atoms with Crippen LogP contribution in [-0.4, -0.2) is 10.2 Å². The van der Waals surface area contributed by atoms with E-state index in [1.54, 1.807) is 0 Å². The molecule has 0 aromatic heterocycles. The van der Waals surface area contributed by atoms with Crippen molar-refractivity contribution in [2.24, 2.45) is 0 Å². The molecule has 2 radical (unpaired) electrons. The molecular formula is EuN2O6Y-2. The fourth-order valence-corrected chi connectivity index (χ4v) is 0. The second kappa shape index (κ2) is 16.6. The molecule has 0 aliphatic carbocycles. The first kappa shape index (κ1) is 22.5. The summed E-state index contributed by atoms with van der Waals surface area (Å²) in [5.41, 5.74) is 0. The van der Waals surface area contributed by atoms with Crippen molar-refractivity contribution in [1.82, 2.24) is 0 Å². The number of rotatable bonds is 0. The van der Waals surface area contributed by atoms with Crippen LogP contribution in [0.1, 0.15) is 0 Å². The van der Waals surface area contributed by atoms with Crippen LogP contribution in [-0.2, 0) is 32.7 Å². The molecule has 0 unspecified atom stereocenters. The van der Waals surface area contributed by atoms with E-state index in [0.717, 1.165) is 0 Å². The largest absolute Gasteiger partial charge is 0.356 e. The van der Waals surface area contributed by atoms with E-state index >= 15 is 0 Å². The number of hydrogen-bond acceptors (Lipinski definition) is 6. The summed E-state index contributed by atoms with van der Waals surface area (Å²) in [5.74, 6) is 0. The second-order valence-corrected chi connectivity index (χ2v) is 0.447. The third kappa shape index (κ3) is 502. The Balaban J connectivity index is -0.0000000300. The van der Waals surface area contributed by atoms with Gasteiger partial charge in [0.25, 0.3) is 0 Å². The van der Waals surface area contributed by atoms with Gasteiger partial charge in [0.2, 0.25) is 0 Å². The van der Waals surface area contributed by atoms with Gasteiger partial charge in [-0.05, 0) is 0 Å². The van der Waals surface area contributed by atoms with Crippen LogP contribution in [0.15, 0.2) is 0 Å². The minimum atomic E-state index is -1.75. The quantitative estimate of drug-likeness (QED) is 0.421. The van der Waals surface area contributed by atoms with Crippen LogP contribution in [0.3, 0.4) is 0 Å². The maximum Gasteiger partial charge on any atom is 0.0689 e. The molecule has 0 heterocycles. The van der Waals surface area contributed by atoms with Crippen LogP contribution in [0.2, 0.25) is 0 Å². The summed E-state index contributed by atoms with van der Waals surface area (Å²) >= 11 is 0. The molecule has 0 fully saturated rings. The van der Waals surface area contributed by atoms with Crippen LogP contribution in [0.5, 0.6) is 0 Å². The van der Waals surface area contributed by atoms with Crippen LogP contribution >= 0.6 is 0 Å². The van der Waals surface area contributed by atoms with Gasteiger partial charge in [0.15, 0.2) is 0 Å². The van der Waals surface area contributed by atoms with Crippen molar-refractivity contribution >= 4 is 0 Å². The average molecular weight is 365 g/mol. The monoisotopic (exact) mass is 366 g/mol. The Bertz CT molecular complexity index is 73.7. The molecule has 0 saturated heterocycles. The molecule has 0 atom stereocenters. The maximum atomic E-state index is 8.25. The maximum absolute atomic E-state index is 8.25. The van der Waals surface area contributed by atoms with E-state index in [0.29, 0.717) is 0 Å². The van der Waals surface area contributed by atoms with Crippen LogP contribution in [0, 0.1) is 80.0 Å². The van der Waals surface area contributed by atoms with E-state index in [1.165, 1.54) is 0 Å². The predicted octanol–water partition coefficient (Wildman–Crippen LogP) is -0.481. The molecule has 0 aromatic rings. The number of nitrogens with zero attached hydrogens (tertiary/aromatic N) is 2. The second-order valence-electron chi connectivity index (χ2n) is 0.447. The summed E-state index contributed by atoms with van der Waals surface area (Å²) in [6, 6.07) is 0. The summed E-state index contributed by atoms with van der Waals surface area (Å²) in [4.78, 5) is 16.5. The van der Waals surface area contributed by atoms with E-state index < -0.39 is 10.2 Å². The Morgan fingerprint density at radius 1 is 0.800 bits per heavy atom. The molecule has 0 aliphatic heterocycles. The molecule has 0 saturated carbocycles. The minimum absolute atomic E-state index is 0.